The van der Waals surface area contributed by atoms with Gasteiger partial charge in [0.25, 0.3) is 0 Å². The Morgan fingerprint density at radius 2 is 1.82 bits per heavy atom. The van der Waals surface area contributed by atoms with Gasteiger partial charge in [0.05, 0.1) is 23.7 Å². The maximum absolute atomic E-state index is 14.3. The number of para-hydroxylation sites is 1. The summed E-state index contributed by atoms with van der Waals surface area (Å²) in [5.74, 6) is -2.54. The number of carboxylic acid groups (broad SMARTS) is 1. The first kappa shape index (κ1) is 37.8. The number of benzene rings is 1. The van der Waals surface area contributed by atoms with Crippen LogP contribution >= 0.6 is 11.6 Å². The number of nitrogens with one attached hydrogen (secondary N) is 2. The van der Waals surface area contributed by atoms with Gasteiger partial charge in [-0.1, -0.05) is 51.8 Å². The van der Waals surface area contributed by atoms with Gasteiger partial charge in [-0.05, 0) is 50.7 Å². The molecule has 1 saturated heterocycles. The van der Waals surface area contributed by atoms with Crippen LogP contribution < -0.4 is 20.1 Å². The predicted octanol–water partition coefficient (Wildman–Crippen LogP) is 5.49. The van der Waals surface area contributed by atoms with Gasteiger partial charge >= 0.3 is 18.2 Å². The Morgan fingerprint density at radius 1 is 1.14 bits per heavy atom. The highest BCUT2D eigenvalue weighted by molar-refractivity contribution is 6.35. The smallest absolute Gasteiger partial charge is 0.427 e. The Morgan fingerprint density at radius 3 is 2.37 bits per heavy atom. The van der Waals surface area contributed by atoms with Gasteiger partial charge in [-0.3, -0.25) is 9.59 Å². The van der Waals surface area contributed by atoms with E-state index in [4.69, 9.17) is 21.1 Å². The number of amides is 3. The van der Waals surface area contributed by atoms with Crippen molar-refractivity contribution < 1.29 is 51.7 Å². The number of likely N-dealkylation sites (tertiary alicyclic amines) is 1. The van der Waals surface area contributed by atoms with Crippen LogP contribution in [0.5, 0.6) is 11.6 Å². The summed E-state index contributed by atoms with van der Waals surface area (Å²) in [6.45, 7) is 9.78. The van der Waals surface area contributed by atoms with Crippen molar-refractivity contribution in [2.75, 3.05) is 13.2 Å². The molecule has 2 fully saturated rings. The van der Waals surface area contributed by atoms with Gasteiger partial charge in [-0.15, -0.1) is 0 Å². The highest BCUT2D eigenvalue weighted by atomic mass is 35.5. The highest BCUT2D eigenvalue weighted by Gasteiger charge is 2.61. The molecule has 2 aromatic rings. The third kappa shape index (κ3) is 7.92. The van der Waals surface area contributed by atoms with Crippen LogP contribution in [0.3, 0.4) is 0 Å². The number of nitrogens with zero attached hydrogens (tertiary/aromatic N) is 2. The molecule has 3 N–H and O–H groups in total. The molecule has 1 aromatic heterocycles. The maximum atomic E-state index is 14.3. The molecule has 2 heterocycles. The molecule has 0 radical (unpaired) electrons. The number of alkyl carbamates (subject to hydrolysis) is 1. The van der Waals surface area contributed by atoms with Crippen molar-refractivity contribution in [2.45, 2.75) is 103 Å². The number of hydrogen-bond donors (Lipinski definition) is 3. The van der Waals surface area contributed by atoms with Crippen molar-refractivity contribution in [1.29, 1.82) is 0 Å². The van der Waals surface area contributed by atoms with Crippen molar-refractivity contribution in [3.05, 3.63) is 29.3 Å². The number of halogens is 4. The van der Waals surface area contributed by atoms with Crippen LogP contribution in [0.25, 0.3) is 10.9 Å². The summed E-state index contributed by atoms with van der Waals surface area (Å²) in [5, 5.41) is 15.7. The molecular weight excluding hydrogens is 673 g/mol. The Labute approximate surface area is 287 Å². The number of aliphatic carboxylic acids is 1. The Kier molecular flexibility index (Phi) is 10.6. The third-order valence-corrected chi connectivity index (χ3v) is 9.20. The second-order valence-corrected chi connectivity index (χ2v) is 14.3. The fourth-order valence-corrected chi connectivity index (χ4v) is 6.10. The Balaban J connectivity index is 1.68. The van der Waals surface area contributed by atoms with Gasteiger partial charge in [0.1, 0.15) is 29.5 Å². The monoisotopic (exact) mass is 714 g/mol. The van der Waals surface area contributed by atoms with E-state index in [1.54, 1.807) is 58.9 Å². The molecule has 1 saturated carbocycles. The lowest BCUT2D eigenvalue weighted by Gasteiger charge is -2.36. The summed E-state index contributed by atoms with van der Waals surface area (Å²) >= 11 is 6.41. The quantitative estimate of drug-likeness (QED) is 0.274. The molecule has 12 nitrogen and oxygen atoms in total. The second kappa shape index (κ2) is 13.7. The van der Waals surface area contributed by atoms with Crippen molar-refractivity contribution in [2.24, 2.45) is 11.3 Å². The van der Waals surface area contributed by atoms with E-state index in [-0.39, 0.29) is 31.2 Å². The summed E-state index contributed by atoms with van der Waals surface area (Å²) in [7, 11) is 0. The number of pyridine rings is 1. The molecule has 5 atom stereocenters. The molecule has 5 unspecified atom stereocenters. The lowest BCUT2D eigenvalue weighted by atomic mass is 9.85. The summed E-state index contributed by atoms with van der Waals surface area (Å²) in [6.07, 6.45) is -6.59. The number of carbonyl (C=O) groups excluding carboxylic acids is 3. The largest absolute Gasteiger partial charge is 0.488 e. The second-order valence-electron chi connectivity index (χ2n) is 13.9. The van der Waals surface area contributed by atoms with E-state index in [0.717, 1.165) is 4.90 Å². The molecule has 1 aromatic carbocycles. The van der Waals surface area contributed by atoms with Crippen molar-refractivity contribution in [1.82, 2.24) is 20.5 Å². The molecule has 2 aliphatic rings. The summed E-state index contributed by atoms with van der Waals surface area (Å²) < 4.78 is 57.1. The number of ether oxygens (including phenoxy) is 3. The topological polar surface area (TPSA) is 156 Å². The average Bonchev–Trinajstić information content (AvgIpc) is 3.54. The van der Waals surface area contributed by atoms with Crippen molar-refractivity contribution in [3.63, 3.8) is 0 Å². The van der Waals surface area contributed by atoms with E-state index >= 15 is 0 Å². The van der Waals surface area contributed by atoms with Crippen LogP contribution in [0.1, 0.15) is 67.7 Å². The summed E-state index contributed by atoms with van der Waals surface area (Å²) in [5.41, 5.74) is -5.04. The molecule has 16 heteroatoms. The standard InChI is InChI=1S/C33H42ClF3N4O8/c1-8-17-15-32(17,28(44)45)40-26(42)21-13-18(48-22-14-23(47-9-2)38-24-19(22)11-10-12-20(24)34)16-41(21)27(43)25(30(3,4)5)39-29(46)49-31(6,7)33(35,36)37/h10-12,14,17-18,21,25H,8-9,13,15-16H2,1-7H3,(H,39,46)(H,40,42)(H,44,45). The number of fused-ring (bicyclic) bond motifs is 1. The molecular formula is C33H42ClF3N4O8. The number of carbonyl (C=O) groups is 4. The SMILES string of the molecule is CCOc1cc(OC2CC(C(=O)NC3(C(=O)O)CC3CC)N(C(=O)C(NC(=O)OC(C)(C)C(F)(F)F)C(C)(C)C)C2)c2cccc(Cl)c2n1. The van der Waals surface area contributed by atoms with Crippen LogP contribution in [0, 0.1) is 11.3 Å². The molecule has 0 spiro atoms. The molecule has 1 aliphatic heterocycles. The maximum Gasteiger partial charge on any atom is 0.427 e. The molecule has 4 rings (SSSR count). The van der Waals surface area contributed by atoms with Crippen LogP contribution in [-0.4, -0.2) is 87.5 Å². The van der Waals surface area contributed by atoms with E-state index in [9.17, 15) is 37.5 Å². The van der Waals surface area contributed by atoms with Gasteiger partial charge in [0.2, 0.25) is 23.3 Å². The Bertz CT molecular complexity index is 1610. The fourth-order valence-electron chi connectivity index (χ4n) is 5.88. The Hall–Kier alpha value is -4.01. The zero-order chi connectivity index (χ0) is 36.7. The van der Waals surface area contributed by atoms with Crippen LogP contribution in [0.2, 0.25) is 5.02 Å². The third-order valence-electron chi connectivity index (χ3n) is 8.89. The molecule has 49 heavy (non-hydrogen) atoms. The predicted molar refractivity (Wildman–Crippen MR) is 172 cm³/mol. The first-order valence-electron chi connectivity index (χ1n) is 16.0. The van der Waals surface area contributed by atoms with E-state index in [0.29, 0.717) is 48.6 Å². The van der Waals surface area contributed by atoms with E-state index < -0.39 is 64.8 Å². The van der Waals surface area contributed by atoms with Crippen LogP contribution in [0.4, 0.5) is 18.0 Å². The normalized spacial score (nSPS) is 23.1. The minimum Gasteiger partial charge on any atom is -0.488 e. The first-order chi connectivity index (χ1) is 22.6. The summed E-state index contributed by atoms with van der Waals surface area (Å²) in [4.78, 5) is 58.7. The zero-order valence-corrected chi connectivity index (χ0v) is 29.1. The number of carboxylic acids is 1. The number of aromatic nitrogens is 1. The van der Waals surface area contributed by atoms with Gasteiger partial charge in [-0.25, -0.2) is 14.6 Å². The number of rotatable bonds is 11. The number of alkyl halides is 3. The van der Waals surface area contributed by atoms with Gasteiger partial charge in [0, 0.05) is 17.9 Å². The lowest BCUT2D eigenvalue weighted by molar-refractivity contribution is -0.244. The van der Waals surface area contributed by atoms with Crippen LogP contribution in [-0.2, 0) is 19.1 Å². The van der Waals surface area contributed by atoms with Gasteiger partial charge < -0.3 is 34.9 Å². The first-order valence-corrected chi connectivity index (χ1v) is 16.3. The summed E-state index contributed by atoms with van der Waals surface area (Å²) in [6, 6.07) is 3.90. The molecule has 270 valence electrons. The van der Waals surface area contributed by atoms with E-state index in [2.05, 4.69) is 20.4 Å². The van der Waals surface area contributed by atoms with E-state index in [1.807, 2.05) is 0 Å². The fraction of sp³-hybridized carbons (Fsp3) is 0.606. The zero-order valence-electron chi connectivity index (χ0n) is 28.4. The van der Waals surface area contributed by atoms with Crippen LogP contribution in [0.15, 0.2) is 24.3 Å². The minimum absolute atomic E-state index is 0.0825. The number of hydrogen-bond acceptors (Lipinski definition) is 8. The van der Waals surface area contributed by atoms with Crippen molar-refractivity contribution in [3.8, 4) is 11.6 Å². The van der Waals surface area contributed by atoms with Gasteiger partial charge in [0.15, 0.2) is 0 Å². The molecule has 1 aliphatic carbocycles. The van der Waals surface area contributed by atoms with Gasteiger partial charge in [-0.2, -0.15) is 13.2 Å². The minimum atomic E-state index is -4.89. The van der Waals surface area contributed by atoms with E-state index in [1.165, 1.54) is 0 Å². The average molecular weight is 715 g/mol. The van der Waals surface area contributed by atoms with Crippen molar-refractivity contribution >= 4 is 46.4 Å². The lowest BCUT2D eigenvalue weighted by Crippen LogP contribution is -2.60. The molecule has 0 bridgehead atoms. The highest BCUT2D eigenvalue weighted by Crippen LogP contribution is 2.46. The molecule has 3 amide bonds.